The van der Waals surface area contributed by atoms with Crippen LogP contribution in [0.2, 0.25) is 0 Å². The van der Waals surface area contributed by atoms with Crippen molar-refractivity contribution in [3.8, 4) is 0 Å². The van der Waals surface area contributed by atoms with Gasteiger partial charge in [0.1, 0.15) is 5.82 Å². The maximum atomic E-state index is 13.0. The number of benzene rings is 2. The van der Waals surface area contributed by atoms with E-state index in [0.29, 0.717) is 5.92 Å². The number of hydrogen-bond acceptors (Lipinski definition) is 0. The molecule has 0 aliphatic heterocycles. The Kier molecular flexibility index (Phi) is 3.31. The van der Waals surface area contributed by atoms with Crippen LogP contribution in [0.1, 0.15) is 30.9 Å². The van der Waals surface area contributed by atoms with E-state index in [4.69, 9.17) is 0 Å². The molecule has 0 bridgehead atoms. The summed E-state index contributed by atoms with van der Waals surface area (Å²) in [7, 11) is 0. The van der Waals surface area contributed by atoms with Crippen molar-refractivity contribution in [1.29, 1.82) is 0 Å². The Balaban J connectivity index is 2.05. The van der Waals surface area contributed by atoms with Crippen LogP contribution in [0.5, 0.6) is 0 Å². The maximum Gasteiger partial charge on any atom is 0.123 e. The third-order valence-electron chi connectivity index (χ3n) is 3.71. The minimum atomic E-state index is -0.186. The van der Waals surface area contributed by atoms with E-state index in [9.17, 15) is 4.39 Å². The minimum absolute atomic E-state index is 0.186. The molecule has 102 valence electrons. The average molecular weight is 267 g/mol. The highest BCUT2D eigenvalue weighted by Gasteiger charge is 2.10. The Hall–Kier alpha value is -2.09. The van der Waals surface area contributed by atoms with Gasteiger partial charge in [0.15, 0.2) is 0 Å². The first kappa shape index (κ1) is 12.9. The highest BCUT2D eigenvalue weighted by Crippen LogP contribution is 2.28. The first-order valence-corrected chi connectivity index (χ1v) is 6.97. The Morgan fingerprint density at radius 1 is 1.00 bits per heavy atom. The van der Waals surface area contributed by atoms with Crippen molar-refractivity contribution < 1.29 is 4.39 Å². The summed E-state index contributed by atoms with van der Waals surface area (Å²) in [5.74, 6) is 0.309. The van der Waals surface area contributed by atoms with E-state index in [0.717, 1.165) is 12.1 Å². The van der Waals surface area contributed by atoms with Crippen LogP contribution in [0.3, 0.4) is 0 Å². The van der Waals surface area contributed by atoms with Gasteiger partial charge in [-0.15, -0.1) is 0 Å². The number of hydrogen-bond donors (Lipinski definition) is 0. The fourth-order valence-corrected chi connectivity index (χ4v) is 2.65. The zero-order valence-electron chi connectivity index (χ0n) is 11.8. The first-order valence-electron chi connectivity index (χ1n) is 6.97. The van der Waals surface area contributed by atoms with Crippen LogP contribution in [0, 0.1) is 5.82 Å². The molecule has 0 aliphatic rings. The molecule has 0 atom stereocenters. The topological polar surface area (TPSA) is 4.93 Å². The van der Waals surface area contributed by atoms with E-state index < -0.39 is 0 Å². The normalized spacial score (nSPS) is 11.4. The van der Waals surface area contributed by atoms with Crippen LogP contribution in [0.4, 0.5) is 4.39 Å². The number of nitrogens with zero attached hydrogens (tertiary/aromatic N) is 1. The molecule has 3 rings (SSSR count). The highest BCUT2D eigenvalue weighted by molar-refractivity contribution is 5.84. The summed E-state index contributed by atoms with van der Waals surface area (Å²) in [6.45, 7) is 5.20. The van der Waals surface area contributed by atoms with Gasteiger partial charge in [0, 0.05) is 23.6 Å². The molecular weight excluding hydrogens is 249 g/mol. The predicted molar refractivity (Wildman–Crippen MR) is 81.5 cm³/mol. The zero-order valence-corrected chi connectivity index (χ0v) is 11.8. The van der Waals surface area contributed by atoms with Gasteiger partial charge in [-0.05, 0) is 35.2 Å². The molecule has 2 aromatic carbocycles. The summed E-state index contributed by atoms with van der Waals surface area (Å²) >= 11 is 0. The fourth-order valence-electron chi connectivity index (χ4n) is 2.65. The molecule has 20 heavy (non-hydrogen) atoms. The number of para-hydroxylation sites is 1. The van der Waals surface area contributed by atoms with Crippen LogP contribution in [-0.4, -0.2) is 4.57 Å². The highest BCUT2D eigenvalue weighted by atomic mass is 19.1. The van der Waals surface area contributed by atoms with E-state index in [1.165, 1.54) is 28.6 Å². The molecular formula is C18H18FN. The minimum Gasteiger partial charge on any atom is -0.343 e. The van der Waals surface area contributed by atoms with Gasteiger partial charge in [0.2, 0.25) is 0 Å². The van der Waals surface area contributed by atoms with Crippen LogP contribution in [0.15, 0.2) is 54.7 Å². The molecule has 2 heteroatoms. The Bertz CT molecular complexity index is 723. The summed E-state index contributed by atoms with van der Waals surface area (Å²) in [4.78, 5) is 0. The predicted octanol–water partition coefficient (Wildman–Crippen LogP) is 4.95. The van der Waals surface area contributed by atoms with Crippen LogP contribution < -0.4 is 0 Å². The van der Waals surface area contributed by atoms with Gasteiger partial charge < -0.3 is 4.57 Å². The van der Waals surface area contributed by atoms with Gasteiger partial charge in [-0.2, -0.15) is 0 Å². The van der Waals surface area contributed by atoms with E-state index >= 15 is 0 Å². The van der Waals surface area contributed by atoms with E-state index in [-0.39, 0.29) is 5.82 Å². The van der Waals surface area contributed by atoms with E-state index in [1.807, 2.05) is 12.1 Å². The summed E-state index contributed by atoms with van der Waals surface area (Å²) in [6.07, 6.45) is 2.22. The van der Waals surface area contributed by atoms with E-state index in [1.54, 1.807) is 0 Å². The summed E-state index contributed by atoms with van der Waals surface area (Å²) in [6, 6.07) is 15.2. The summed E-state index contributed by atoms with van der Waals surface area (Å²) in [5, 5.41) is 1.31. The largest absolute Gasteiger partial charge is 0.343 e. The van der Waals surface area contributed by atoms with Crippen molar-refractivity contribution in [2.45, 2.75) is 26.3 Å². The molecule has 3 aromatic rings. The third kappa shape index (κ3) is 2.34. The van der Waals surface area contributed by atoms with Crippen molar-refractivity contribution in [2.24, 2.45) is 0 Å². The molecule has 0 unspecified atom stereocenters. The lowest BCUT2D eigenvalue weighted by Gasteiger charge is -2.05. The standard InChI is InChI=1S/C18H18FN/c1-13(2)17-12-20(18-6-4-3-5-16(17)18)11-14-7-9-15(19)10-8-14/h3-10,12-13H,11H2,1-2H3. The van der Waals surface area contributed by atoms with Crippen LogP contribution in [-0.2, 0) is 6.54 Å². The fraction of sp³-hybridized carbons (Fsp3) is 0.222. The number of aromatic nitrogens is 1. The lowest BCUT2D eigenvalue weighted by atomic mass is 10.0. The lowest BCUT2D eigenvalue weighted by molar-refractivity contribution is 0.626. The molecule has 1 heterocycles. The summed E-state index contributed by atoms with van der Waals surface area (Å²) in [5.41, 5.74) is 3.71. The molecule has 1 nitrogen and oxygen atoms in total. The van der Waals surface area contributed by atoms with Gasteiger partial charge in [-0.1, -0.05) is 44.2 Å². The van der Waals surface area contributed by atoms with Crippen molar-refractivity contribution in [3.63, 3.8) is 0 Å². The van der Waals surface area contributed by atoms with Crippen molar-refractivity contribution in [2.75, 3.05) is 0 Å². The molecule has 0 radical (unpaired) electrons. The van der Waals surface area contributed by atoms with E-state index in [2.05, 4.69) is 48.9 Å². The van der Waals surface area contributed by atoms with Gasteiger partial charge in [0.05, 0.1) is 0 Å². The van der Waals surface area contributed by atoms with Gasteiger partial charge in [-0.3, -0.25) is 0 Å². The SMILES string of the molecule is CC(C)c1cn(Cc2ccc(F)cc2)c2ccccc12. The molecule has 0 N–H and O–H groups in total. The maximum absolute atomic E-state index is 13.0. The molecule has 0 spiro atoms. The molecule has 0 fully saturated rings. The number of halogens is 1. The van der Waals surface area contributed by atoms with Crippen LogP contribution in [0.25, 0.3) is 10.9 Å². The molecule has 0 amide bonds. The monoisotopic (exact) mass is 267 g/mol. The Labute approximate surface area is 118 Å². The average Bonchev–Trinajstić information content (AvgIpc) is 2.81. The molecule has 0 saturated carbocycles. The summed E-state index contributed by atoms with van der Waals surface area (Å²) < 4.78 is 15.2. The second kappa shape index (κ2) is 5.12. The number of rotatable bonds is 3. The lowest BCUT2D eigenvalue weighted by Crippen LogP contribution is -1.97. The quantitative estimate of drug-likeness (QED) is 0.632. The van der Waals surface area contributed by atoms with Gasteiger partial charge >= 0.3 is 0 Å². The first-order chi connectivity index (χ1) is 9.65. The van der Waals surface area contributed by atoms with Gasteiger partial charge in [0.25, 0.3) is 0 Å². The number of fused-ring (bicyclic) bond motifs is 1. The van der Waals surface area contributed by atoms with Gasteiger partial charge in [-0.25, -0.2) is 4.39 Å². The Morgan fingerprint density at radius 2 is 1.70 bits per heavy atom. The smallest absolute Gasteiger partial charge is 0.123 e. The molecule has 1 aromatic heterocycles. The van der Waals surface area contributed by atoms with Crippen molar-refractivity contribution in [1.82, 2.24) is 4.57 Å². The van der Waals surface area contributed by atoms with Crippen molar-refractivity contribution in [3.05, 3.63) is 71.7 Å². The van der Waals surface area contributed by atoms with Crippen LogP contribution >= 0.6 is 0 Å². The molecule has 0 aliphatic carbocycles. The Morgan fingerprint density at radius 3 is 2.40 bits per heavy atom. The second-order valence-corrected chi connectivity index (χ2v) is 5.51. The third-order valence-corrected chi connectivity index (χ3v) is 3.71. The molecule has 0 saturated heterocycles. The second-order valence-electron chi connectivity index (χ2n) is 5.51. The van der Waals surface area contributed by atoms with Crippen molar-refractivity contribution >= 4 is 10.9 Å². The zero-order chi connectivity index (χ0) is 14.1.